The molecule has 8 nitrogen and oxygen atoms in total. The Labute approximate surface area is 162 Å². The van der Waals surface area contributed by atoms with Crippen molar-refractivity contribution in [3.63, 3.8) is 0 Å². The van der Waals surface area contributed by atoms with Gasteiger partial charge in [-0.25, -0.2) is 4.39 Å². The smallest absolute Gasteiger partial charge is 0.251 e. The predicted octanol–water partition coefficient (Wildman–Crippen LogP) is 0.988. The Balaban J connectivity index is 1.41. The zero-order valence-corrected chi connectivity index (χ0v) is 15.7. The molecule has 0 aliphatic carbocycles. The summed E-state index contributed by atoms with van der Waals surface area (Å²) in [5.41, 5.74) is 1.10. The van der Waals surface area contributed by atoms with E-state index in [1.54, 1.807) is 4.52 Å². The second kappa shape index (κ2) is 7.89. The van der Waals surface area contributed by atoms with E-state index in [0.29, 0.717) is 30.0 Å². The van der Waals surface area contributed by atoms with Gasteiger partial charge in [0.25, 0.3) is 5.91 Å². The zero-order chi connectivity index (χ0) is 19.5. The van der Waals surface area contributed by atoms with Gasteiger partial charge in [0.05, 0.1) is 0 Å². The van der Waals surface area contributed by atoms with Gasteiger partial charge >= 0.3 is 0 Å². The molecule has 28 heavy (non-hydrogen) atoms. The van der Waals surface area contributed by atoms with E-state index in [-0.39, 0.29) is 11.7 Å². The van der Waals surface area contributed by atoms with Gasteiger partial charge in [0.1, 0.15) is 11.6 Å². The van der Waals surface area contributed by atoms with Crippen molar-refractivity contribution in [2.75, 3.05) is 44.7 Å². The van der Waals surface area contributed by atoms with Gasteiger partial charge in [-0.1, -0.05) is 0 Å². The van der Waals surface area contributed by atoms with Crippen molar-refractivity contribution >= 4 is 17.4 Å². The number of carbonyl (C=O) groups is 1. The van der Waals surface area contributed by atoms with Gasteiger partial charge in [0, 0.05) is 44.7 Å². The Morgan fingerprint density at radius 2 is 1.82 bits per heavy atom. The molecule has 0 bridgehead atoms. The van der Waals surface area contributed by atoms with Crippen LogP contribution in [0.15, 0.2) is 36.4 Å². The number of aromatic nitrogens is 4. The van der Waals surface area contributed by atoms with E-state index in [1.165, 1.54) is 24.3 Å². The fourth-order valence-corrected chi connectivity index (χ4v) is 3.17. The molecule has 0 unspecified atom stereocenters. The largest absolute Gasteiger partial charge is 0.353 e. The van der Waals surface area contributed by atoms with Crippen LogP contribution in [0.2, 0.25) is 0 Å². The average molecular weight is 383 g/mol. The van der Waals surface area contributed by atoms with Gasteiger partial charge in [-0.05, 0) is 43.4 Å². The van der Waals surface area contributed by atoms with Gasteiger partial charge in [-0.3, -0.25) is 4.79 Å². The fourth-order valence-electron chi connectivity index (χ4n) is 3.17. The first-order valence-electron chi connectivity index (χ1n) is 9.29. The summed E-state index contributed by atoms with van der Waals surface area (Å²) in [7, 11) is 2.12. The average Bonchev–Trinajstić information content (AvgIpc) is 3.11. The second-order valence-corrected chi connectivity index (χ2v) is 6.88. The maximum absolute atomic E-state index is 13.0. The Bertz CT molecular complexity index is 964. The first-order chi connectivity index (χ1) is 13.6. The first kappa shape index (κ1) is 18.3. The van der Waals surface area contributed by atoms with Crippen LogP contribution in [0, 0.1) is 5.82 Å². The van der Waals surface area contributed by atoms with Crippen LogP contribution in [-0.2, 0) is 6.42 Å². The van der Waals surface area contributed by atoms with Crippen LogP contribution in [0.1, 0.15) is 16.2 Å². The Morgan fingerprint density at radius 1 is 1.07 bits per heavy atom. The van der Waals surface area contributed by atoms with Gasteiger partial charge in [-0.15, -0.1) is 15.3 Å². The summed E-state index contributed by atoms with van der Waals surface area (Å²) in [5.74, 6) is 0.969. The molecule has 0 spiro atoms. The van der Waals surface area contributed by atoms with Gasteiger partial charge < -0.3 is 15.1 Å². The molecule has 3 heterocycles. The van der Waals surface area contributed by atoms with Crippen molar-refractivity contribution in [1.29, 1.82) is 0 Å². The minimum atomic E-state index is -0.367. The van der Waals surface area contributed by atoms with Crippen molar-refractivity contribution in [2.24, 2.45) is 0 Å². The molecule has 1 amide bonds. The number of nitrogens with zero attached hydrogens (tertiary/aromatic N) is 6. The zero-order valence-electron chi connectivity index (χ0n) is 15.7. The second-order valence-electron chi connectivity index (χ2n) is 6.88. The summed E-state index contributed by atoms with van der Waals surface area (Å²) in [5, 5.41) is 15.9. The molecule has 1 aliphatic rings. The highest BCUT2D eigenvalue weighted by Crippen LogP contribution is 2.14. The van der Waals surface area contributed by atoms with Gasteiger partial charge in [0.15, 0.2) is 11.5 Å². The molecule has 1 saturated heterocycles. The van der Waals surface area contributed by atoms with Crippen LogP contribution >= 0.6 is 0 Å². The van der Waals surface area contributed by atoms with Crippen LogP contribution in [0.3, 0.4) is 0 Å². The van der Waals surface area contributed by atoms with Gasteiger partial charge in [-0.2, -0.15) is 4.52 Å². The number of nitrogens with one attached hydrogen (secondary N) is 1. The van der Waals surface area contributed by atoms with Crippen molar-refractivity contribution in [2.45, 2.75) is 6.42 Å². The van der Waals surface area contributed by atoms with Crippen LogP contribution < -0.4 is 10.2 Å². The summed E-state index contributed by atoms with van der Waals surface area (Å²) in [6.07, 6.45) is 0.493. The molecule has 3 aromatic rings. The third-order valence-corrected chi connectivity index (χ3v) is 4.88. The number of piperazine rings is 1. The molecule has 0 radical (unpaired) electrons. The number of halogens is 1. The first-order valence-corrected chi connectivity index (χ1v) is 9.29. The Kier molecular flexibility index (Phi) is 5.16. The quantitative estimate of drug-likeness (QED) is 0.708. The summed E-state index contributed by atoms with van der Waals surface area (Å²) >= 11 is 0. The topological polar surface area (TPSA) is 78.7 Å². The number of hydrogen-bond acceptors (Lipinski definition) is 6. The SMILES string of the molecule is CN1CCN(c2ccc3nnc(CCNC(=O)c4ccc(F)cc4)n3n2)CC1. The highest BCUT2D eigenvalue weighted by molar-refractivity contribution is 5.94. The number of carbonyl (C=O) groups excluding carboxylic acids is 1. The van der Waals surface area contributed by atoms with E-state index < -0.39 is 0 Å². The van der Waals surface area contributed by atoms with Crippen LogP contribution in [0.5, 0.6) is 0 Å². The normalized spacial score (nSPS) is 15.1. The van der Waals surface area contributed by atoms with E-state index in [1.807, 2.05) is 12.1 Å². The molecule has 0 atom stereocenters. The summed E-state index contributed by atoms with van der Waals surface area (Å²) in [4.78, 5) is 16.7. The number of fused-ring (bicyclic) bond motifs is 1. The number of anilines is 1. The Morgan fingerprint density at radius 3 is 2.57 bits per heavy atom. The van der Waals surface area contributed by atoms with E-state index in [0.717, 1.165) is 32.0 Å². The maximum Gasteiger partial charge on any atom is 0.251 e. The minimum absolute atomic E-state index is 0.250. The molecule has 1 fully saturated rings. The number of hydrogen-bond donors (Lipinski definition) is 1. The molecule has 1 aliphatic heterocycles. The van der Waals surface area contributed by atoms with Crippen molar-refractivity contribution < 1.29 is 9.18 Å². The fraction of sp³-hybridized carbons (Fsp3) is 0.368. The Hall–Kier alpha value is -3.07. The number of amides is 1. The van der Waals surface area contributed by atoms with E-state index >= 15 is 0 Å². The molecular weight excluding hydrogens is 361 g/mol. The lowest BCUT2D eigenvalue weighted by atomic mass is 10.2. The minimum Gasteiger partial charge on any atom is -0.353 e. The van der Waals surface area contributed by atoms with Crippen LogP contribution in [-0.4, -0.2) is 70.4 Å². The molecule has 4 rings (SSSR count). The molecular formula is C19H22FN7O. The number of rotatable bonds is 5. The van der Waals surface area contributed by atoms with Crippen LogP contribution in [0.25, 0.3) is 5.65 Å². The van der Waals surface area contributed by atoms with Crippen molar-refractivity contribution in [3.8, 4) is 0 Å². The van der Waals surface area contributed by atoms with Crippen molar-refractivity contribution in [1.82, 2.24) is 30.0 Å². The molecule has 1 N–H and O–H groups in total. The standard InChI is InChI=1S/C19H22FN7O/c1-25-10-12-26(13-11-25)18-7-6-16-22-23-17(27(16)24-18)8-9-21-19(28)14-2-4-15(20)5-3-14/h2-7H,8-13H2,1H3,(H,21,28). The lowest BCUT2D eigenvalue weighted by Gasteiger charge is -2.33. The third kappa shape index (κ3) is 3.94. The maximum atomic E-state index is 13.0. The van der Waals surface area contributed by atoms with E-state index in [9.17, 15) is 9.18 Å². The highest BCUT2D eigenvalue weighted by atomic mass is 19.1. The predicted molar refractivity (Wildman–Crippen MR) is 103 cm³/mol. The summed E-state index contributed by atoms with van der Waals surface area (Å²) in [6, 6.07) is 9.33. The molecule has 0 saturated carbocycles. The monoisotopic (exact) mass is 383 g/mol. The summed E-state index contributed by atoms with van der Waals surface area (Å²) in [6.45, 7) is 4.26. The van der Waals surface area contributed by atoms with Crippen molar-refractivity contribution in [3.05, 3.63) is 53.6 Å². The van der Waals surface area contributed by atoms with Crippen LogP contribution in [0.4, 0.5) is 10.2 Å². The van der Waals surface area contributed by atoms with E-state index in [4.69, 9.17) is 5.10 Å². The lowest BCUT2D eigenvalue weighted by molar-refractivity contribution is 0.0954. The summed E-state index contributed by atoms with van der Waals surface area (Å²) < 4.78 is 14.7. The number of benzene rings is 1. The highest BCUT2D eigenvalue weighted by Gasteiger charge is 2.17. The molecule has 146 valence electrons. The molecule has 1 aromatic carbocycles. The third-order valence-electron chi connectivity index (χ3n) is 4.88. The number of likely N-dealkylation sites (N-methyl/N-ethyl adjacent to an activating group) is 1. The molecule has 2 aromatic heterocycles. The molecule has 9 heteroatoms. The lowest BCUT2D eigenvalue weighted by Crippen LogP contribution is -2.45. The van der Waals surface area contributed by atoms with Gasteiger partial charge in [0.2, 0.25) is 0 Å². The van der Waals surface area contributed by atoms with E-state index in [2.05, 4.69) is 32.4 Å².